The minimum Gasteiger partial charge on any atom is -0.497 e. The molecule has 0 radical (unpaired) electrons. The summed E-state index contributed by atoms with van der Waals surface area (Å²) in [6.45, 7) is 2.41. The zero-order valence-electron chi connectivity index (χ0n) is 15.4. The molecule has 0 spiro atoms. The number of nitrogens with zero attached hydrogens (tertiary/aromatic N) is 1. The van der Waals surface area contributed by atoms with Gasteiger partial charge in [-0.1, -0.05) is 0 Å². The van der Waals surface area contributed by atoms with Crippen molar-refractivity contribution in [2.24, 2.45) is 0 Å². The van der Waals surface area contributed by atoms with Crippen LogP contribution in [-0.2, 0) is 4.74 Å². The molecule has 1 fully saturated rings. The van der Waals surface area contributed by atoms with Crippen LogP contribution < -0.4 is 10.1 Å². The van der Waals surface area contributed by atoms with E-state index in [-0.39, 0.29) is 11.8 Å². The average Bonchev–Trinajstić information content (AvgIpc) is 3.17. The number of benzene rings is 2. The van der Waals surface area contributed by atoms with Crippen LogP contribution >= 0.6 is 11.3 Å². The van der Waals surface area contributed by atoms with E-state index in [0.717, 1.165) is 10.1 Å². The van der Waals surface area contributed by atoms with Gasteiger partial charge in [0.15, 0.2) is 0 Å². The first-order chi connectivity index (χ1) is 13.6. The normalized spacial score (nSPS) is 14.1. The van der Waals surface area contributed by atoms with Crippen LogP contribution in [0.2, 0.25) is 0 Å². The van der Waals surface area contributed by atoms with Gasteiger partial charge < -0.3 is 19.7 Å². The zero-order valence-corrected chi connectivity index (χ0v) is 16.3. The summed E-state index contributed by atoms with van der Waals surface area (Å²) in [5, 5.41) is 3.84. The molecular weight excluding hydrogens is 376 g/mol. The number of anilines is 1. The molecule has 28 heavy (non-hydrogen) atoms. The van der Waals surface area contributed by atoms with E-state index in [9.17, 15) is 9.59 Å². The number of methoxy groups -OCH3 is 1. The number of hydrogen-bond acceptors (Lipinski definition) is 5. The molecule has 6 nitrogen and oxygen atoms in total. The highest BCUT2D eigenvalue weighted by Crippen LogP contribution is 2.29. The summed E-state index contributed by atoms with van der Waals surface area (Å²) >= 11 is 1.47. The summed E-state index contributed by atoms with van der Waals surface area (Å²) in [6, 6.07) is 14.5. The van der Waals surface area contributed by atoms with Crippen LogP contribution in [0.25, 0.3) is 10.1 Å². The molecule has 4 rings (SSSR count). The Kier molecular flexibility index (Phi) is 5.27. The van der Waals surface area contributed by atoms with Gasteiger partial charge in [0.2, 0.25) is 0 Å². The third-order valence-electron chi connectivity index (χ3n) is 4.64. The Labute approximate surface area is 166 Å². The summed E-state index contributed by atoms with van der Waals surface area (Å²) in [5.74, 6) is 0.545. The third kappa shape index (κ3) is 3.85. The predicted molar refractivity (Wildman–Crippen MR) is 109 cm³/mol. The highest BCUT2D eigenvalue weighted by Gasteiger charge is 2.20. The molecule has 1 aliphatic heterocycles. The molecule has 0 saturated carbocycles. The third-order valence-corrected chi connectivity index (χ3v) is 5.74. The van der Waals surface area contributed by atoms with E-state index in [1.165, 1.54) is 11.3 Å². The number of carbonyl (C=O) groups excluding carboxylic acids is 2. The van der Waals surface area contributed by atoms with Gasteiger partial charge in [0.1, 0.15) is 5.75 Å². The molecule has 1 aliphatic rings. The van der Waals surface area contributed by atoms with Gasteiger partial charge in [0.05, 0.1) is 25.2 Å². The van der Waals surface area contributed by atoms with Crippen LogP contribution in [0.3, 0.4) is 0 Å². The van der Waals surface area contributed by atoms with E-state index in [2.05, 4.69) is 5.32 Å². The maximum atomic E-state index is 12.7. The maximum Gasteiger partial charge on any atom is 0.264 e. The van der Waals surface area contributed by atoms with Gasteiger partial charge in [-0.15, -0.1) is 11.3 Å². The van der Waals surface area contributed by atoms with Crippen molar-refractivity contribution in [3.63, 3.8) is 0 Å². The van der Waals surface area contributed by atoms with E-state index in [0.29, 0.717) is 48.2 Å². The van der Waals surface area contributed by atoms with Crippen molar-refractivity contribution in [2.75, 3.05) is 38.7 Å². The van der Waals surface area contributed by atoms with Crippen LogP contribution in [0, 0.1) is 0 Å². The smallest absolute Gasteiger partial charge is 0.264 e. The molecule has 2 amide bonds. The molecule has 7 heteroatoms. The number of morpholine rings is 1. The quantitative estimate of drug-likeness (QED) is 0.731. The van der Waals surface area contributed by atoms with Crippen LogP contribution in [-0.4, -0.2) is 50.1 Å². The number of nitrogens with one attached hydrogen (secondary N) is 1. The molecule has 0 atom stereocenters. The number of carbonyl (C=O) groups is 2. The Morgan fingerprint density at radius 1 is 1.07 bits per heavy atom. The van der Waals surface area contributed by atoms with Crippen molar-refractivity contribution >= 4 is 38.9 Å². The van der Waals surface area contributed by atoms with Crippen molar-refractivity contribution in [3.05, 3.63) is 59.0 Å². The Balaban J connectivity index is 1.50. The van der Waals surface area contributed by atoms with Gasteiger partial charge in [0.25, 0.3) is 11.8 Å². The second-order valence-electron chi connectivity index (χ2n) is 6.45. The first-order valence-electron chi connectivity index (χ1n) is 9.00. The van der Waals surface area contributed by atoms with Crippen molar-refractivity contribution in [1.82, 2.24) is 4.90 Å². The molecule has 2 aromatic carbocycles. The highest BCUT2D eigenvalue weighted by atomic mass is 32.1. The van der Waals surface area contributed by atoms with Crippen LogP contribution in [0.15, 0.2) is 48.5 Å². The lowest BCUT2D eigenvalue weighted by Gasteiger charge is -2.26. The second-order valence-corrected chi connectivity index (χ2v) is 7.53. The monoisotopic (exact) mass is 396 g/mol. The minimum absolute atomic E-state index is 0.0355. The highest BCUT2D eigenvalue weighted by molar-refractivity contribution is 7.20. The predicted octanol–water partition coefficient (Wildman–Crippen LogP) is 3.63. The second kappa shape index (κ2) is 8.00. The Morgan fingerprint density at radius 2 is 1.82 bits per heavy atom. The molecule has 3 aromatic rings. The standard InChI is InChI=1S/C21H20N2O4S/c1-26-17-5-2-14(3-6-17)20(24)22-16-4-7-18-15(12-16)13-19(28-18)21(25)23-8-10-27-11-9-23/h2-7,12-13H,8-11H2,1H3,(H,22,24). The number of hydrogen-bond donors (Lipinski definition) is 1. The Hall–Kier alpha value is -2.90. The van der Waals surface area contributed by atoms with Crippen molar-refractivity contribution < 1.29 is 19.1 Å². The van der Waals surface area contributed by atoms with Gasteiger partial charge >= 0.3 is 0 Å². The molecule has 144 valence electrons. The number of thiophene rings is 1. The topological polar surface area (TPSA) is 67.9 Å². The molecule has 2 heterocycles. The number of fused-ring (bicyclic) bond motifs is 1. The zero-order chi connectivity index (χ0) is 19.5. The van der Waals surface area contributed by atoms with Gasteiger partial charge in [-0.3, -0.25) is 9.59 Å². The molecular formula is C21H20N2O4S. The molecule has 0 aliphatic carbocycles. The molecule has 0 unspecified atom stereocenters. The van der Waals surface area contributed by atoms with Crippen LogP contribution in [0.5, 0.6) is 5.75 Å². The van der Waals surface area contributed by atoms with Crippen molar-refractivity contribution in [2.45, 2.75) is 0 Å². The van der Waals surface area contributed by atoms with E-state index in [1.54, 1.807) is 31.4 Å². The molecule has 0 bridgehead atoms. The summed E-state index contributed by atoms with van der Waals surface area (Å²) in [7, 11) is 1.59. The summed E-state index contributed by atoms with van der Waals surface area (Å²) in [4.78, 5) is 27.6. The Morgan fingerprint density at radius 3 is 2.54 bits per heavy atom. The first kappa shape index (κ1) is 18.5. The lowest BCUT2D eigenvalue weighted by molar-refractivity contribution is 0.0306. The largest absolute Gasteiger partial charge is 0.497 e. The van der Waals surface area contributed by atoms with Crippen molar-refractivity contribution in [1.29, 1.82) is 0 Å². The summed E-state index contributed by atoms with van der Waals surface area (Å²) in [6.07, 6.45) is 0. The summed E-state index contributed by atoms with van der Waals surface area (Å²) < 4.78 is 11.4. The van der Waals surface area contributed by atoms with Crippen LogP contribution in [0.4, 0.5) is 5.69 Å². The van der Waals surface area contributed by atoms with Crippen molar-refractivity contribution in [3.8, 4) is 5.75 Å². The van der Waals surface area contributed by atoms with Gasteiger partial charge in [-0.2, -0.15) is 0 Å². The summed E-state index contributed by atoms with van der Waals surface area (Å²) in [5.41, 5.74) is 1.24. The van der Waals surface area contributed by atoms with Gasteiger partial charge in [-0.05, 0) is 53.9 Å². The number of rotatable bonds is 4. The van der Waals surface area contributed by atoms with Gasteiger partial charge in [-0.25, -0.2) is 0 Å². The number of amides is 2. The lowest BCUT2D eigenvalue weighted by Crippen LogP contribution is -2.40. The van der Waals surface area contributed by atoms with E-state index >= 15 is 0 Å². The lowest BCUT2D eigenvalue weighted by atomic mass is 10.2. The maximum absolute atomic E-state index is 12.7. The molecule has 1 N–H and O–H groups in total. The Bertz CT molecular complexity index is 1010. The average molecular weight is 396 g/mol. The van der Waals surface area contributed by atoms with Crippen LogP contribution in [0.1, 0.15) is 20.0 Å². The van der Waals surface area contributed by atoms with E-state index in [4.69, 9.17) is 9.47 Å². The fourth-order valence-corrected chi connectivity index (χ4v) is 4.11. The molecule has 1 aromatic heterocycles. The minimum atomic E-state index is -0.193. The fourth-order valence-electron chi connectivity index (χ4n) is 3.09. The SMILES string of the molecule is COc1ccc(C(=O)Nc2ccc3sc(C(=O)N4CCOCC4)cc3c2)cc1. The van der Waals surface area contributed by atoms with Gasteiger partial charge in [0, 0.05) is 29.0 Å². The van der Waals surface area contributed by atoms with E-state index < -0.39 is 0 Å². The fraction of sp³-hybridized carbons (Fsp3) is 0.238. The molecule has 1 saturated heterocycles. The van der Waals surface area contributed by atoms with E-state index in [1.807, 2.05) is 29.2 Å². The first-order valence-corrected chi connectivity index (χ1v) is 9.82. The number of ether oxygens (including phenoxy) is 2.